The van der Waals surface area contributed by atoms with Gasteiger partial charge >= 0.3 is 0 Å². The summed E-state index contributed by atoms with van der Waals surface area (Å²) in [5, 5.41) is 3.42. The minimum Gasteiger partial charge on any atom is -0.332 e. The molecule has 0 aliphatic carbocycles. The Labute approximate surface area is 224 Å². The second-order valence-corrected chi connectivity index (χ2v) is 10.8. The molecule has 2 aromatic heterocycles. The van der Waals surface area contributed by atoms with Crippen LogP contribution in [0.5, 0.6) is 0 Å². The van der Waals surface area contributed by atoms with Gasteiger partial charge in [-0.2, -0.15) is 0 Å². The molecule has 3 N–H and O–H groups in total. The van der Waals surface area contributed by atoms with Crippen molar-refractivity contribution in [1.82, 2.24) is 15.0 Å². The summed E-state index contributed by atoms with van der Waals surface area (Å²) in [5.74, 6) is 0.110. The van der Waals surface area contributed by atoms with E-state index in [4.69, 9.17) is 4.98 Å². The molecule has 5 rings (SSSR count). The average Bonchev–Trinajstić information content (AvgIpc) is 3.38. The number of H-pyrrole nitrogens is 1. The Balaban J connectivity index is 1.24. The number of hydrogen-bond donors (Lipinski definition) is 3. The first kappa shape index (κ1) is 25.2. The highest BCUT2D eigenvalue weighted by atomic mass is 32.2. The van der Waals surface area contributed by atoms with Crippen molar-refractivity contribution in [2.45, 2.75) is 10.1 Å². The summed E-state index contributed by atoms with van der Waals surface area (Å²) < 4.78 is 27.6. The standard InChI is InChI=1S/C28H23N5O3S2/c34-25(30-22-14-16-23(17-15-22)38(35,36)33-24-13-7-8-18-29-24)19-37-28-31-26(20-9-3-1-4-10-20)27(32-28)21-11-5-2-6-12-21/h1-18H,19H2,(H,29,33)(H,30,34)(H,31,32). The molecule has 0 bridgehead atoms. The van der Waals surface area contributed by atoms with Gasteiger partial charge in [0.05, 0.1) is 22.0 Å². The maximum atomic E-state index is 12.6. The summed E-state index contributed by atoms with van der Waals surface area (Å²) in [6, 6.07) is 30.7. The molecule has 0 aliphatic heterocycles. The molecule has 8 nitrogen and oxygen atoms in total. The second kappa shape index (κ2) is 11.3. The molecule has 0 spiro atoms. The van der Waals surface area contributed by atoms with Crippen molar-refractivity contribution in [3.8, 4) is 22.5 Å². The average molecular weight is 542 g/mol. The molecule has 0 fully saturated rings. The minimum atomic E-state index is -3.79. The van der Waals surface area contributed by atoms with Crippen LogP contribution in [0, 0.1) is 0 Å². The minimum absolute atomic E-state index is 0.0630. The zero-order valence-corrected chi connectivity index (χ0v) is 21.7. The monoisotopic (exact) mass is 541 g/mol. The van der Waals surface area contributed by atoms with Crippen LogP contribution in [0.2, 0.25) is 0 Å². The molecule has 3 aromatic carbocycles. The highest BCUT2D eigenvalue weighted by Crippen LogP contribution is 2.32. The normalized spacial score (nSPS) is 11.2. The molecule has 0 aliphatic rings. The molecule has 5 aromatic rings. The number of benzene rings is 3. The molecule has 0 atom stereocenters. The predicted octanol–water partition coefficient (Wildman–Crippen LogP) is 5.67. The van der Waals surface area contributed by atoms with Gasteiger partial charge in [-0.15, -0.1) is 0 Å². The molecule has 190 valence electrons. The lowest BCUT2D eigenvalue weighted by Gasteiger charge is -2.08. The third-order valence-corrected chi connectivity index (χ3v) is 7.73. The van der Waals surface area contributed by atoms with Crippen molar-refractivity contribution in [2.75, 3.05) is 15.8 Å². The summed E-state index contributed by atoms with van der Waals surface area (Å²) in [5.41, 5.74) is 4.17. The number of nitrogens with one attached hydrogen (secondary N) is 3. The van der Waals surface area contributed by atoms with Gasteiger partial charge in [0, 0.05) is 23.0 Å². The van der Waals surface area contributed by atoms with Crippen molar-refractivity contribution in [3.63, 3.8) is 0 Å². The number of carbonyl (C=O) groups excluding carboxylic acids is 1. The molecule has 2 heterocycles. The fraction of sp³-hybridized carbons (Fsp3) is 0.0357. The maximum Gasteiger partial charge on any atom is 0.263 e. The number of amides is 1. The van der Waals surface area contributed by atoms with Crippen LogP contribution in [0.15, 0.2) is 119 Å². The van der Waals surface area contributed by atoms with E-state index in [9.17, 15) is 13.2 Å². The van der Waals surface area contributed by atoms with Crippen LogP contribution in [0.4, 0.5) is 11.5 Å². The maximum absolute atomic E-state index is 12.6. The number of rotatable bonds is 9. The first-order chi connectivity index (χ1) is 18.5. The van der Waals surface area contributed by atoms with E-state index in [1.807, 2.05) is 60.7 Å². The van der Waals surface area contributed by atoms with Crippen molar-refractivity contribution in [3.05, 3.63) is 109 Å². The first-order valence-electron chi connectivity index (χ1n) is 11.7. The third kappa shape index (κ3) is 6.10. The summed E-state index contributed by atoms with van der Waals surface area (Å²) in [4.78, 5) is 24.8. The Morgan fingerprint density at radius 2 is 1.47 bits per heavy atom. The Bertz CT molecular complexity index is 1570. The Morgan fingerprint density at radius 3 is 2.13 bits per heavy atom. The predicted molar refractivity (Wildman–Crippen MR) is 150 cm³/mol. The van der Waals surface area contributed by atoms with Crippen LogP contribution < -0.4 is 10.0 Å². The molecular weight excluding hydrogens is 518 g/mol. The summed E-state index contributed by atoms with van der Waals surface area (Å²) >= 11 is 1.29. The summed E-state index contributed by atoms with van der Waals surface area (Å²) in [6.45, 7) is 0. The largest absolute Gasteiger partial charge is 0.332 e. The van der Waals surface area contributed by atoms with Gasteiger partial charge in [-0.25, -0.2) is 18.4 Å². The fourth-order valence-corrected chi connectivity index (χ4v) is 5.38. The van der Waals surface area contributed by atoms with Gasteiger partial charge in [-0.1, -0.05) is 78.5 Å². The van der Waals surface area contributed by atoms with Gasteiger partial charge in [-0.3, -0.25) is 9.52 Å². The van der Waals surface area contributed by atoms with E-state index in [0.717, 1.165) is 22.5 Å². The van der Waals surface area contributed by atoms with Crippen molar-refractivity contribution < 1.29 is 13.2 Å². The number of aromatic nitrogens is 3. The SMILES string of the molecule is O=C(CSc1nc(-c2ccccc2)c(-c2ccccc2)[nH]1)Nc1ccc(S(=O)(=O)Nc2ccccn2)cc1. The van der Waals surface area contributed by atoms with Crippen LogP contribution >= 0.6 is 11.8 Å². The number of anilines is 2. The van der Waals surface area contributed by atoms with Crippen LogP contribution in [0.1, 0.15) is 0 Å². The van der Waals surface area contributed by atoms with E-state index in [-0.39, 0.29) is 22.4 Å². The zero-order valence-electron chi connectivity index (χ0n) is 20.0. The van der Waals surface area contributed by atoms with Crippen LogP contribution in [-0.2, 0) is 14.8 Å². The van der Waals surface area contributed by atoms with Gasteiger partial charge < -0.3 is 10.3 Å². The van der Waals surface area contributed by atoms with Gasteiger partial charge in [0.1, 0.15) is 5.82 Å². The van der Waals surface area contributed by atoms with Crippen LogP contribution in [0.25, 0.3) is 22.5 Å². The first-order valence-corrected chi connectivity index (χ1v) is 14.1. The van der Waals surface area contributed by atoms with Crippen LogP contribution in [0.3, 0.4) is 0 Å². The van der Waals surface area contributed by atoms with Crippen molar-refractivity contribution in [2.24, 2.45) is 0 Å². The molecule has 38 heavy (non-hydrogen) atoms. The van der Waals surface area contributed by atoms with E-state index in [2.05, 4.69) is 20.0 Å². The van der Waals surface area contributed by atoms with E-state index >= 15 is 0 Å². The second-order valence-electron chi connectivity index (χ2n) is 8.18. The van der Waals surface area contributed by atoms with E-state index in [1.54, 1.807) is 30.3 Å². The number of hydrogen-bond acceptors (Lipinski definition) is 6. The van der Waals surface area contributed by atoms with E-state index < -0.39 is 10.0 Å². The number of nitrogens with zero attached hydrogens (tertiary/aromatic N) is 2. The van der Waals surface area contributed by atoms with Gasteiger partial charge in [0.2, 0.25) is 5.91 Å². The van der Waals surface area contributed by atoms with E-state index in [0.29, 0.717) is 10.8 Å². The number of carbonyl (C=O) groups is 1. The lowest BCUT2D eigenvalue weighted by Crippen LogP contribution is -2.15. The van der Waals surface area contributed by atoms with Crippen LogP contribution in [-0.4, -0.2) is 35.0 Å². The third-order valence-electron chi connectivity index (χ3n) is 5.48. The number of imidazole rings is 1. The van der Waals surface area contributed by atoms with Gasteiger partial charge in [-0.05, 0) is 36.4 Å². The lowest BCUT2D eigenvalue weighted by atomic mass is 10.1. The molecule has 0 saturated carbocycles. The topological polar surface area (TPSA) is 117 Å². The highest BCUT2D eigenvalue weighted by molar-refractivity contribution is 7.99. The molecule has 1 amide bonds. The molecular formula is C28H23N5O3S2. The molecule has 0 radical (unpaired) electrons. The zero-order chi connectivity index (χ0) is 26.4. The fourth-order valence-electron chi connectivity index (χ4n) is 3.71. The van der Waals surface area contributed by atoms with Gasteiger partial charge in [0.15, 0.2) is 5.16 Å². The lowest BCUT2D eigenvalue weighted by molar-refractivity contribution is -0.113. The number of thioether (sulfide) groups is 1. The quantitative estimate of drug-likeness (QED) is 0.207. The number of sulfonamides is 1. The summed E-state index contributed by atoms with van der Waals surface area (Å²) in [7, 11) is -3.79. The number of aromatic amines is 1. The van der Waals surface area contributed by atoms with E-state index in [1.165, 1.54) is 30.1 Å². The highest BCUT2D eigenvalue weighted by Gasteiger charge is 2.17. The molecule has 0 saturated heterocycles. The van der Waals surface area contributed by atoms with Crippen molar-refractivity contribution in [1.29, 1.82) is 0 Å². The van der Waals surface area contributed by atoms with Gasteiger partial charge in [0.25, 0.3) is 10.0 Å². The molecule has 10 heteroatoms. The Kier molecular flexibility index (Phi) is 7.52. The number of pyridine rings is 1. The smallest absolute Gasteiger partial charge is 0.263 e. The Morgan fingerprint density at radius 1 is 0.816 bits per heavy atom. The summed E-state index contributed by atoms with van der Waals surface area (Å²) in [6.07, 6.45) is 1.50. The molecule has 0 unspecified atom stereocenters. The van der Waals surface area contributed by atoms with Crippen molar-refractivity contribution >= 4 is 39.2 Å². The Hall–Kier alpha value is -4.41.